The van der Waals surface area contributed by atoms with Crippen LogP contribution in [0.25, 0.3) is 5.69 Å². The van der Waals surface area contributed by atoms with E-state index in [0.29, 0.717) is 25.0 Å². The standard InChI is InChI=1S/C16H16BrN3O3/c17-11-2-5-13(6-3-11)20-8-14(18-9-20)15(21)19-12-4-1-10(7-12)16(22)23/h2-3,5-6,8-10,12H,1,4,7H2,(H,19,21)(H,22,23)/t10-,12+/m0/s1. The predicted octanol–water partition coefficient (Wildman–Crippen LogP) is 2.62. The molecule has 1 saturated carbocycles. The van der Waals surface area contributed by atoms with E-state index in [1.807, 2.05) is 24.3 Å². The van der Waals surface area contributed by atoms with Crippen molar-refractivity contribution in [2.75, 3.05) is 0 Å². The molecule has 2 N–H and O–H groups in total. The van der Waals surface area contributed by atoms with Crippen molar-refractivity contribution in [3.05, 3.63) is 47.0 Å². The second-order valence-electron chi connectivity index (χ2n) is 5.66. The lowest BCUT2D eigenvalue weighted by Gasteiger charge is -2.10. The van der Waals surface area contributed by atoms with Gasteiger partial charge in [0.1, 0.15) is 12.0 Å². The maximum absolute atomic E-state index is 12.2. The van der Waals surface area contributed by atoms with Gasteiger partial charge in [0.2, 0.25) is 0 Å². The maximum atomic E-state index is 12.2. The van der Waals surface area contributed by atoms with Crippen LogP contribution < -0.4 is 5.32 Å². The van der Waals surface area contributed by atoms with Crippen molar-refractivity contribution in [3.8, 4) is 5.69 Å². The van der Waals surface area contributed by atoms with Gasteiger partial charge in [0.15, 0.2) is 0 Å². The smallest absolute Gasteiger partial charge is 0.306 e. The largest absolute Gasteiger partial charge is 0.481 e. The van der Waals surface area contributed by atoms with Crippen LogP contribution in [0.4, 0.5) is 0 Å². The molecular formula is C16H16BrN3O3. The highest BCUT2D eigenvalue weighted by molar-refractivity contribution is 9.10. The lowest BCUT2D eigenvalue weighted by molar-refractivity contribution is -0.141. The zero-order chi connectivity index (χ0) is 16.4. The Morgan fingerprint density at radius 2 is 2.00 bits per heavy atom. The molecular weight excluding hydrogens is 362 g/mol. The number of hydrogen-bond acceptors (Lipinski definition) is 3. The fraction of sp³-hybridized carbons (Fsp3) is 0.312. The SMILES string of the molecule is O=C(N[C@@H]1CC[C@H](C(=O)O)C1)c1cn(-c2ccc(Br)cc2)cn1. The Morgan fingerprint density at radius 3 is 2.65 bits per heavy atom. The van der Waals surface area contributed by atoms with Crippen molar-refractivity contribution in [1.29, 1.82) is 0 Å². The van der Waals surface area contributed by atoms with Gasteiger partial charge in [-0.2, -0.15) is 0 Å². The average Bonchev–Trinajstić information content (AvgIpc) is 3.17. The first-order chi connectivity index (χ1) is 11.0. The summed E-state index contributed by atoms with van der Waals surface area (Å²) < 4.78 is 2.75. The van der Waals surface area contributed by atoms with Crippen LogP contribution in [-0.4, -0.2) is 32.6 Å². The van der Waals surface area contributed by atoms with E-state index in [-0.39, 0.29) is 17.9 Å². The minimum Gasteiger partial charge on any atom is -0.481 e. The molecule has 1 amide bonds. The number of carbonyl (C=O) groups is 2. The van der Waals surface area contributed by atoms with Crippen LogP contribution in [-0.2, 0) is 4.79 Å². The van der Waals surface area contributed by atoms with Gasteiger partial charge < -0.3 is 15.0 Å². The Kier molecular flexibility index (Phi) is 4.47. The van der Waals surface area contributed by atoms with Gasteiger partial charge in [0.25, 0.3) is 5.91 Å². The van der Waals surface area contributed by atoms with E-state index >= 15 is 0 Å². The van der Waals surface area contributed by atoms with Gasteiger partial charge in [0.05, 0.1) is 5.92 Å². The molecule has 0 aliphatic heterocycles. The molecule has 0 spiro atoms. The van der Waals surface area contributed by atoms with E-state index in [4.69, 9.17) is 5.11 Å². The third-order valence-electron chi connectivity index (χ3n) is 4.06. The van der Waals surface area contributed by atoms with E-state index in [2.05, 4.69) is 26.2 Å². The molecule has 1 aliphatic carbocycles. The van der Waals surface area contributed by atoms with Gasteiger partial charge in [-0.05, 0) is 43.5 Å². The average molecular weight is 378 g/mol. The second kappa shape index (κ2) is 6.54. The number of rotatable bonds is 4. The van der Waals surface area contributed by atoms with Gasteiger partial charge >= 0.3 is 5.97 Å². The molecule has 0 bridgehead atoms. The highest BCUT2D eigenvalue weighted by Crippen LogP contribution is 2.25. The van der Waals surface area contributed by atoms with Crippen molar-refractivity contribution in [1.82, 2.24) is 14.9 Å². The number of benzene rings is 1. The molecule has 2 atom stereocenters. The molecule has 1 aromatic heterocycles. The van der Waals surface area contributed by atoms with Gasteiger partial charge in [0, 0.05) is 22.4 Å². The fourth-order valence-corrected chi connectivity index (χ4v) is 3.06. The zero-order valence-corrected chi connectivity index (χ0v) is 13.9. The molecule has 0 radical (unpaired) electrons. The molecule has 2 aromatic rings. The summed E-state index contributed by atoms with van der Waals surface area (Å²) in [6, 6.07) is 7.57. The second-order valence-corrected chi connectivity index (χ2v) is 6.58. The molecule has 6 nitrogen and oxygen atoms in total. The van der Waals surface area contributed by atoms with E-state index in [0.717, 1.165) is 10.2 Å². The number of carboxylic acids is 1. The summed E-state index contributed by atoms with van der Waals surface area (Å²) in [5, 5.41) is 11.9. The van der Waals surface area contributed by atoms with E-state index in [1.54, 1.807) is 17.1 Å². The molecule has 3 rings (SSSR count). The summed E-state index contributed by atoms with van der Waals surface area (Å²) in [6.07, 6.45) is 5.04. The first kappa shape index (κ1) is 15.7. The Labute approximate surface area is 141 Å². The van der Waals surface area contributed by atoms with E-state index in [9.17, 15) is 9.59 Å². The number of aliphatic carboxylic acids is 1. The summed E-state index contributed by atoms with van der Waals surface area (Å²) >= 11 is 3.38. The summed E-state index contributed by atoms with van der Waals surface area (Å²) in [7, 11) is 0. The third-order valence-corrected chi connectivity index (χ3v) is 4.59. The highest BCUT2D eigenvalue weighted by Gasteiger charge is 2.30. The summed E-state index contributed by atoms with van der Waals surface area (Å²) in [5.74, 6) is -1.42. The number of halogens is 1. The lowest BCUT2D eigenvalue weighted by atomic mass is 10.1. The summed E-state index contributed by atoms with van der Waals surface area (Å²) in [6.45, 7) is 0. The first-order valence-electron chi connectivity index (χ1n) is 7.36. The summed E-state index contributed by atoms with van der Waals surface area (Å²) in [4.78, 5) is 27.3. The first-order valence-corrected chi connectivity index (χ1v) is 8.16. The Balaban J connectivity index is 1.65. The maximum Gasteiger partial charge on any atom is 0.306 e. The number of nitrogens with zero attached hydrogens (tertiary/aromatic N) is 2. The van der Waals surface area contributed by atoms with Gasteiger partial charge in [-0.15, -0.1) is 0 Å². The minimum atomic E-state index is -0.790. The van der Waals surface area contributed by atoms with Crippen molar-refractivity contribution < 1.29 is 14.7 Å². The molecule has 0 unspecified atom stereocenters. The fourth-order valence-electron chi connectivity index (χ4n) is 2.79. The van der Waals surface area contributed by atoms with Crippen molar-refractivity contribution in [2.24, 2.45) is 5.92 Å². The number of hydrogen-bond donors (Lipinski definition) is 2. The van der Waals surface area contributed by atoms with Gasteiger partial charge in [-0.25, -0.2) is 4.98 Å². The Hall–Kier alpha value is -2.15. The van der Waals surface area contributed by atoms with Crippen LogP contribution in [0, 0.1) is 5.92 Å². The number of amides is 1. The molecule has 7 heteroatoms. The monoisotopic (exact) mass is 377 g/mol. The van der Waals surface area contributed by atoms with Crippen LogP contribution in [0.5, 0.6) is 0 Å². The molecule has 1 aliphatic rings. The number of aromatic nitrogens is 2. The lowest BCUT2D eigenvalue weighted by Crippen LogP contribution is -2.33. The van der Waals surface area contributed by atoms with Crippen molar-refractivity contribution in [3.63, 3.8) is 0 Å². The number of nitrogens with one attached hydrogen (secondary N) is 1. The molecule has 1 aromatic carbocycles. The van der Waals surface area contributed by atoms with Crippen LogP contribution >= 0.6 is 15.9 Å². The molecule has 0 saturated heterocycles. The predicted molar refractivity (Wildman–Crippen MR) is 87.5 cm³/mol. The van der Waals surface area contributed by atoms with Crippen molar-refractivity contribution in [2.45, 2.75) is 25.3 Å². The number of carbonyl (C=O) groups excluding carboxylic acids is 1. The molecule has 1 fully saturated rings. The van der Waals surface area contributed by atoms with E-state index in [1.165, 1.54) is 0 Å². The Morgan fingerprint density at radius 1 is 1.26 bits per heavy atom. The highest BCUT2D eigenvalue weighted by atomic mass is 79.9. The van der Waals surface area contributed by atoms with Crippen LogP contribution in [0.2, 0.25) is 0 Å². The minimum absolute atomic E-state index is 0.0959. The number of imidazole rings is 1. The topological polar surface area (TPSA) is 84.2 Å². The Bertz CT molecular complexity index is 726. The molecule has 120 valence electrons. The van der Waals surface area contributed by atoms with Crippen LogP contribution in [0.3, 0.4) is 0 Å². The van der Waals surface area contributed by atoms with Gasteiger partial charge in [-0.3, -0.25) is 9.59 Å². The van der Waals surface area contributed by atoms with Crippen LogP contribution in [0.15, 0.2) is 41.3 Å². The zero-order valence-electron chi connectivity index (χ0n) is 12.3. The van der Waals surface area contributed by atoms with Gasteiger partial charge in [-0.1, -0.05) is 15.9 Å². The van der Waals surface area contributed by atoms with Crippen molar-refractivity contribution >= 4 is 27.8 Å². The quantitative estimate of drug-likeness (QED) is 0.857. The van der Waals surface area contributed by atoms with Crippen LogP contribution in [0.1, 0.15) is 29.8 Å². The number of carboxylic acid groups (broad SMARTS) is 1. The normalized spacial score (nSPS) is 20.4. The molecule has 23 heavy (non-hydrogen) atoms. The summed E-state index contributed by atoms with van der Waals surface area (Å²) in [5.41, 5.74) is 1.23. The third kappa shape index (κ3) is 3.61. The molecule has 1 heterocycles. The van der Waals surface area contributed by atoms with E-state index < -0.39 is 5.97 Å².